The largest absolute Gasteiger partial charge is 0.492 e. The van der Waals surface area contributed by atoms with Gasteiger partial charge in [0.15, 0.2) is 0 Å². The van der Waals surface area contributed by atoms with E-state index in [1.165, 1.54) is 22.6 Å². The first kappa shape index (κ1) is 24.2. The molecule has 33 heavy (non-hydrogen) atoms. The number of fused-ring (bicyclic) bond motifs is 1. The Labute approximate surface area is 191 Å². The molecule has 0 fully saturated rings. The van der Waals surface area contributed by atoms with E-state index in [1.807, 2.05) is 0 Å². The van der Waals surface area contributed by atoms with Gasteiger partial charge in [0.2, 0.25) is 10.0 Å². The number of aromatic nitrogens is 1. The van der Waals surface area contributed by atoms with E-state index in [2.05, 4.69) is 15.4 Å². The fraction of sp³-hybridized carbons (Fsp3) is 0.273. The van der Waals surface area contributed by atoms with Crippen LogP contribution < -0.4 is 31.4 Å². The number of anilines is 1. The Morgan fingerprint density at radius 2 is 1.85 bits per heavy atom. The van der Waals surface area contributed by atoms with Crippen molar-refractivity contribution in [3.63, 3.8) is 0 Å². The van der Waals surface area contributed by atoms with Crippen LogP contribution in [-0.4, -0.2) is 44.6 Å². The fourth-order valence-electron chi connectivity index (χ4n) is 3.01. The molecule has 0 aliphatic heterocycles. The zero-order chi connectivity index (χ0) is 23.8. The number of hydrogen-bond donors (Lipinski definition) is 4. The van der Waals surface area contributed by atoms with Crippen molar-refractivity contribution in [2.45, 2.75) is 24.3 Å². The van der Waals surface area contributed by atoms with Crippen molar-refractivity contribution in [2.24, 2.45) is 5.73 Å². The Bertz CT molecular complexity index is 1260. The monoisotopic (exact) mass is 473 g/mol. The highest BCUT2D eigenvalue weighted by molar-refractivity contribution is 7.89. The average molecular weight is 474 g/mol. The number of benzene rings is 1. The summed E-state index contributed by atoms with van der Waals surface area (Å²) >= 11 is 0. The summed E-state index contributed by atoms with van der Waals surface area (Å²) in [5.41, 5.74) is 5.74. The Morgan fingerprint density at radius 3 is 2.58 bits per heavy atom. The number of carbonyl (C=O) groups is 1. The van der Waals surface area contributed by atoms with Crippen LogP contribution in [0.5, 0.6) is 5.75 Å². The van der Waals surface area contributed by atoms with E-state index < -0.39 is 27.7 Å². The van der Waals surface area contributed by atoms with Crippen LogP contribution in [-0.2, 0) is 10.0 Å². The first-order valence-corrected chi connectivity index (χ1v) is 11.9. The van der Waals surface area contributed by atoms with Gasteiger partial charge in [-0.3, -0.25) is 9.20 Å². The standard InChI is InChI=1S/C22H27N5O5S/c1-16(26-33(30,31)19-6-3-2-4-7-19)14-24-22(29)25-20-11-9-17-8-10-18(32-13-5-12-23)15-27(17)21(20)28/h2-4,6-11,15-16,26H,5,12-14,23H2,1H3,(H2,24,25,29)/t16-/m1/s1. The van der Waals surface area contributed by atoms with Crippen LogP contribution in [0.2, 0.25) is 0 Å². The van der Waals surface area contributed by atoms with Crippen molar-refractivity contribution in [1.82, 2.24) is 14.4 Å². The van der Waals surface area contributed by atoms with E-state index >= 15 is 0 Å². The van der Waals surface area contributed by atoms with Crippen molar-refractivity contribution in [1.29, 1.82) is 0 Å². The maximum absolute atomic E-state index is 12.8. The van der Waals surface area contributed by atoms with Gasteiger partial charge in [0.25, 0.3) is 5.56 Å². The van der Waals surface area contributed by atoms with Crippen molar-refractivity contribution in [3.8, 4) is 5.75 Å². The third-order valence-electron chi connectivity index (χ3n) is 4.67. The lowest BCUT2D eigenvalue weighted by Crippen LogP contribution is -2.43. The molecule has 0 bridgehead atoms. The summed E-state index contributed by atoms with van der Waals surface area (Å²) in [5, 5.41) is 5.07. The number of urea groups is 1. The van der Waals surface area contributed by atoms with Gasteiger partial charge in [-0.1, -0.05) is 18.2 Å². The molecule has 0 saturated carbocycles. The SMILES string of the molecule is C[C@H](CNC(=O)Nc1ccc2ccc(OCCCN)cn2c1=O)NS(=O)(=O)c1ccccc1. The molecule has 3 aromatic rings. The van der Waals surface area contributed by atoms with E-state index in [0.717, 1.165) is 0 Å². The molecule has 11 heteroatoms. The Hall–Kier alpha value is -3.41. The molecule has 1 atom stereocenters. The second kappa shape index (κ2) is 10.9. The quantitative estimate of drug-likeness (QED) is 0.329. The topological polar surface area (TPSA) is 144 Å². The molecule has 5 N–H and O–H groups in total. The number of pyridine rings is 2. The molecule has 0 saturated heterocycles. The van der Waals surface area contributed by atoms with Gasteiger partial charge in [-0.05, 0) is 56.3 Å². The summed E-state index contributed by atoms with van der Waals surface area (Å²) < 4.78 is 34.2. The highest BCUT2D eigenvalue weighted by atomic mass is 32.2. The van der Waals surface area contributed by atoms with E-state index in [-0.39, 0.29) is 17.1 Å². The van der Waals surface area contributed by atoms with Crippen molar-refractivity contribution in [2.75, 3.05) is 25.0 Å². The minimum absolute atomic E-state index is 0.0198. The minimum Gasteiger partial charge on any atom is -0.492 e. The van der Waals surface area contributed by atoms with Gasteiger partial charge in [-0.25, -0.2) is 17.9 Å². The van der Waals surface area contributed by atoms with Crippen LogP contribution in [0.25, 0.3) is 5.52 Å². The van der Waals surface area contributed by atoms with E-state index in [4.69, 9.17) is 10.5 Å². The van der Waals surface area contributed by atoms with Gasteiger partial charge in [0, 0.05) is 18.1 Å². The van der Waals surface area contributed by atoms with Crippen molar-refractivity contribution < 1.29 is 17.9 Å². The number of carbonyl (C=O) groups excluding carboxylic acids is 1. The Balaban J connectivity index is 1.61. The number of rotatable bonds is 10. The van der Waals surface area contributed by atoms with Gasteiger partial charge in [-0.15, -0.1) is 0 Å². The Morgan fingerprint density at radius 1 is 1.12 bits per heavy atom. The summed E-state index contributed by atoms with van der Waals surface area (Å²) in [6.45, 7) is 2.58. The first-order valence-electron chi connectivity index (χ1n) is 10.4. The Kier molecular flexibility index (Phi) is 8.04. The predicted octanol–water partition coefficient (Wildman–Crippen LogP) is 1.52. The first-order chi connectivity index (χ1) is 15.8. The molecule has 3 rings (SSSR count). The average Bonchev–Trinajstić information content (AvgIpc) is 2.80. The molecule has 1 aromatic carbocycles. The number of ether oxygens (including phenoxy) is 1. The van der Waals surface area contributed by atoms with Crippen LogP contribution in [0.3, 0.4) is 0 Å². The van der Waals surface area contributed by atoms with Crippen LogP contribution in [0.1, 0.15) is 13.3 Å². The number of hydrogen-bond acceptors (Lipinski definition) is 6. The lowest BCUT2D eigenvalue weighted by atomic mass is 10.3. The molecule has 0 aliphatic carbocycles. The van der Waals surface area contributed by atoms with E-state index in [0.29, 0.717) is 30.8 Å². The van der Waals surface area contributed by atoms with Gasteiger partial charge >= 0.3 is 6.03 Å². The zero-order valence-corrected chi connectivity index (χ0v) is 19.0. The molecule has 10 nitrogen and oxygen atoms in total. The molecule has 0 radical (unpaired) electrons. The maximum Gasteiger partial charge on any atom is 0.319 e. The number of nitrogens with two attached hydrogens (primary N) is 1. The van der Waals surface area contributed by atoms with E-state index in [1.54, 1.807) is 49.5 Å². The summed E-state index contributed by atoms with van der Waals surface area (Å²) in [6, 6.07) is 13.4. The van der Waals surface area contributed by atoms with Gasteiger partial charge in [0.05, 0.1) is 17.7 Å². The molecule has 2 heterocycles. The summed E-state index contributed by atoms with van der Waals surface area (Å²) in [5.74, 6) is 0.513. The van der Waals surface area contributed by atoms with Crippen LogP contribution in [0, 0.1) is 0 Å². The van der Waals surface area contributed by atoms with Crippen LogP contribution in [0.15, 0.2) is 70.5 Å². The van der Waals surface area contributed by atoms with Crippen LogP contribution in [0.4, 0.5) is 10.5 Å². The highest BCUT2D eigenvalue weighted by Crippen LogP contribution is 2.14. The molecule has 0 unspecified atom stereocenters. The second-order valence-electron chi connectivity index (χ2n) is 7.37. The number of sulfonamides is 1. The smallest absolute Gasteiger partial charge is 0.319 e. The predicted molar refractivity (Wildman–Crippen MR) is 126 cm³/mol. The maximum atomic E-state index is 12.8. The third kappa shape index (κ3) is 6.54. The molecule has 0 aliphatic rings. The molecular formula is C22H27N5O5S. The fourth-order valence-corrected chi connectivity index (χ4v) is 4.28. The lowest BCUT2D eigenvalue weighted by Gasteiger charge is -2.15. The number of amides is 2. The highest BCUT2D eigenvalue weighted by Gasteiger charge is 2.17. The second-order valence-corrected chi connectivity index (χ2v) is 9.09. The normalized spacial score (nSPS) is 12.3. The minimum atomic E-state index is -3.70. The molecular weight excluding hydrogens is 446 g/mol. The molecule has 0 spiro atoms. The van der Waals surface area contributed by atoms with Gasteiger partial charge in [-0.2, -0.15) is 0 Å². The summed E-state index contributed by atoms with van der Waals surface area (Å²) in [4.78, 5) is 25.2. The third-order valence-corrected chi connectivity index (χ3v) is 6.27. The van der Waals surface area contributed by atoms with Crippen LogP contribution >= 0.6 is 0 Å². The number of nitrogens with one attached hydrogen (secondary N) is 3. The molecule has 176 valence electrons. The van der Waals surface area contributed by atoms with Gasteiger partial charge in [0.1, 0.15) is 11.4 Å². The van der Waals surface area contributed by atoms with E-state index in [9.17, 15) is 18.0 Å². The zero-order valence-electron chi connectivity index (χ0n) is 18.2. The molecule has 2 aromatic heterocycles. The number of nitrogens with zero attached hydrogens (tertiary/aromatic N) is 1. The van der Waals surface area contributed by atoms with Crippen molar-refractivity contribution >= 4 is 27.3 Å². The summed E-state index contributed by atoms with van der Waals surface area (Å²) in [7, 11) is -3.70. The molecule has 2 amide bonds. The summed E-state index contributed by atoms with van der Waals surface area (Å²) in [6.07, 6.45) is 2.24. The lowest BCUT2D eigenvalue weighted by molar-refractivity contribution is 0.251. The van der Waals surface area contributed by atoms with Crippen molar-refractivity contribution in [3.05, 3.63) is 71.1 Å². The van der Waals surface area contributed by atoms with Gasteiger partial charge < -0.3 is 21.1 Å².